The lowest BCUT2D eigenvalue weighted by molar-refractivity contribution is 0.762. The summed E-state index contributed by atoms with van der Waals surface area (Å²) in [5.74, 6) is 3.76. The molecule has 0 bridgehead atoms. The van der Waals surface area contributed by atoms with Gasteiger partial charge in [0.1, 0.15) is 11.5 Å². The first-order valence-corrected chi connectivity index (χ1v) is 6.32. The van der Waals surface area contributed by atoms with Gasteiger partial charge in [-0.05, 0) is 24.3 Å². The van der Waals surface area contributed by atoms with Gasteiger partial charge in [-0.3, -0.25) is 4.40 Å². The first kappa shape index (κ1) is 9.09. The Morgan fingerprint density at radius 1 is 1.47 bits per heavy atom. The molecule has 15 heavy (non-hydrogen) atoms. The van der Waals surface area contributed by atoms with Crippen LogP contribution in [0.2, 0.25) is 0 Å². The summed E-state index contributed by atoms with van der Waals surface area (Å²) >= 11 is 1.99. The first-order chi connectivity index (χ1) is 7.36. The molecule has 78 valence electrons. The number of nitrogens with two attached hydrogens (primary N) is 1. The molecule has 3 nitrogen and oxygen atoms in total. The fraction of sp³-hybridized carbons (Fsp3) is 0.364. The van der Waals surface area contributed by atoms with Crippen LogP contribution in [0.3, 0.4) is 0 Å². The van der Waals surface area contributed by atoms with Crippen molar-refractivity contribution in [3.8, 4) is 0 Å². The Morgan fingerprint density at radius 3 is 3.13 bits per heavy atom. The quantitative estimate of drug-likeness (QED) is 0.799. The molecule has 0 amide bonds. The lowest BCUT2D eigenvalue weighted by Gasteiger charge is -2.04. The van der Waals surface area contributed by atoms with Crippen molar-refractivity contribution in [1.29, 1.82) is 0 Å². The van der Waals surface area contributed by atoms with Crippen molar-refractivity contribution in [3.05, 3.63) is 30.1 Å². The van der Waals surface area contributed by atoms with E-state index in [4.69, 9.17) is 5.73 Å². The highest BCUT2D eigenvalue weighted by molar-refractivity contribution is 7.99. The van der Waals surface area contributed by atoms with Crippen LogP contribution in [-0.2, 0) is 0 Å². The van der Waals surface area contributed by atoms with Crippen molar-refractivity contribution in [1.82, 2.24) is 9.38 Å². The summed E-state index contributed by atoms with van der Waals surface area (Å²) in [6, 6.07) is 5.98. The van der Waals surface area contributed by atoms with Gasteiger partial charge in [-0.2, -0.15) is 11.8 Å². The molecule has 1 fully saturated rings. The SMILES string of the molecule is Nc1c(C2CCSC2)nc2ccccn12. The predicted octanol–water partition coefficient (Wildman–Crippen LogP) is 2.14. The molecule has 1 aliphatic heterocycles. The van der Waals surface area contributed by atoms with Gasteiger partial charge in [0, 0.05) is 17.9 Å². The zero-order chi connectivity index (χ0) is 10.3. The van der Waals surface area contributed by atoms with E-state index in [1.165, 1.54) is 12.2 Å². The molecule has 0 radical (unpaired) electrons. The van der Waals surface area contributed by atoms with Crippen LogP contribution in [-0.4, -0.2) is 20.9 Å². The van der Waals surface area contributed by atoms with E-state index in [2.05, 4.69) is 4.98 Å². The number of aromatic nitrogens is 2. The van der Waals surface area contributed by atoms with Crippen molar-refractivity contribution < 1.29 is 0 Å². The molecule has 1 saturated heterocycles. The van der Waals surface area contributed by atoms with Crippen molar-refractivity contribution >= 4 is 23.2 Å². The van der Waals surface area contributed by atoms with Crippen LogP contribution in [0.1, 0.15) is 18.0 Å². The molecule has 1 aliphatic rings. The molecule has 2 N–H and O–H groups in total. The van der Waals surface area contributed by atoms with Gasteiger partial charge in [0.15, 0.2) is 0 Å². The highest BCUT2D eigenvalue weighted by atomic mass is 32.2. The minimum atomic E-state index is 0.551. The maximum Gasteiger partial charge on any atom is 0.138 e. The van der Waals surface area contributed by atoms with E-state index in [-0.39, 0.29) is 0 Å². The van der Waals surface area contributed by atoms with Crippen LogP contribution in [0.25, 0.3) is 5.65 Å². The molecular formula is C11H13N3S. The van der Waals surface area contributed by atoms with Crippen LogP contribution < -0.4 is 5.73 Å². The second kappa shape index (κ2) is 3.45. The Hall–Kier alpha value is -1.16. The van der Waals surface area contributed by atoms with Gasteiger partial charge in [-0.15, -0.1) is 0 Å². The Balaban J connectivity index is 2.14. The number of imidazole rings is 1. The van der Waals surface area contributed by atoms with Gasteiger partial charge in [-0.25, -0.2) is 4.98 Å². The maximum atomic E-state index is 6.11. The summed E-state index contributed by atoms with van der Waals surface area (Å²) in [5.41, 5.74) is 8.16. The Labute approximate surface area is 92.7 Å². The molecule has 2 aromatic heterocycles. The minimum absolute atomic E-state index is 0.551. The topological polar surface area (TPSA) is 43.3 Å². The Bertz CT molecular complexity index is 486. The van der Waals surface area contributed by atoms with E-state index in [1.807, 2.05) is 40.6 Å². The molecular weight excluding hydrogens is 206 g/mol. The molecule has 3 rings (SSSR count). The first-order valence-electron chi connectivity index (χ1n) is 5.16. The third-order valence-corrected chi connectivity index (χ3v) is 4.07. The molecule has 0 spiro atoms. The summed E-state index contributed by atoms with van der Waals surface area (Å²) < 4.78 is 1.97. The average Bonchev–Trinajstić information content (AvgIpc) is 2.87. The number of hydrogen-bond donors (Lipinski definition) is 1. The molecule has 0 aliphatic carbocycles. The minimum Gasteiger partial charge on any atom is -0.383 e. The predicted molar refractivity (Wildman–Crippen MR) is 64.3 cm³/mol. The van der Waals surface area contributed by atoms with E-state index in [0.29, 0.717) is 5.92 Å². The Morgan fingerprint density at radius 2 is 2.40 bits per heavy atom. The van der Waals surface area contributed by atoms with Gasteiger partial charge < -0.3 is 5.73 Å². The van der Waals surface area contributed by atoms with Crippen LogP contribution in [0.15, 0.2) is 24.4 Å². The average molecular weight is 219 g/mol. The molecule has 0 saturated carbocycles. The smallest absolute Gasteiger partial charge is 0.138 e. The summed E-state index contributed by atoms with van der Waals surface area (Å²) in [6.07, 6.45) is 3.18. The molecule has 2 aromatic rings. The summed E-state index contributed by atoms with van der Waals surface area (Å²) in [4.78, 5) is 4.62. The number of hydrogen-bond acceptors (Lipinski definition) is 3. The normalized spacial score (nSPS) is 21.2. The van der Waals surface area contributed by atoms with E-state index in [9.17, 15) is 0 Å². The van der Waals surface area contributed by atoms with Gasteiger partial charge >= 0.3 is 0 Å². The molecule has 1 unspecified atom stereocenters. The fourth-order valence-electron chi connectivity index (χ4n) is 2.08. The highest BCUT2D eigenvalue weighted by Crippen LogP contribution is 2.34. The number of nitrogens with zero attached hydrogens (tertiary/aromatic N) is 2. The zero-order valence-electron chi connectivity index (χ0n) is 8.39. The standard InChI is InChI=1S/C11H13N3S/c12-11-10(8-4-6-15-7-8)13-9-3-1-2-5-14(9)11/h1-3,5,8H,4,6-7,12H2. The number of pyridine rings is 1. The monoisotopic (exact) mass is 219 g/mol. The third-order valence-electron chi connectivity index (χ3n) is 2.91. The summed E-state index contributed by atoms with van der Waals surface area (Å²) in [7, 11) is 0. The molecule has 1 atom stereocenters. The van der Waals surface area contributed by atoms with E-state index in [0.717, 1.165) is 22.9 Å². The lowest BCUT2D eigenvalue weighted by atomic mass is 10.1. The maximum absolute atomic E-state index is 6.11. The zero-order valence-corrected chi connectivity index (χ0v) is 9.20. The summed E-state index contributed by atoms with van der Waals surface area (Å²) in [5, 5.41) is 0. The molecule has 4 heteroatoms. The van der Waals surface area contributed by atoms with Crippen molar-refractivity contribution in [2.75, 3.05) is 17.2 Å². The van der Waals surface area contributed by atoms with Crippen molar-refractivity contribution in [2.24, 2.45) is 0 Å². The number of rotatable bonds is 1. The fourth-order valence-corrected chi connectivity index (χ4v) is 3.31. The van der Waals surface area contributed by atoms with E-state index >= 15 is 0 Å². The van der Waals surface area contributed by atoms with Crippen LogP contribution in [0.5, 0.6) is 0 Å². The van der Waals surface area contributed by atoms with Crippen LogP contribution >= 0.6 is 11.8 Å². The second-order valence-electron chi connectivity index (χ2n) is 3.87. The van der Waals surface area contributed by atoms with E-state index < -0.39 is 0 Å². The largest absolute Gasteiger partial charge is 0.383 e. The number of nitrogen functional groups attached to an aromatic ring is 1. The number of fused-ring (bicyclic) bond motifs is 1. The van der Waals surface area contributed by atoms with Crippen molar-refractivity contribution in [2.45, 2.75) is 12.3 Å². The molecule has 0 aromatic carbocycles. The highest BCUT2D eigenvalue weighted by Gasteiger charge is 2.23. The van der Waals surface area contributed by atoms with Crippen LogP contribution in [0.4, 0.5) is 5.82 Å². The summed E-state index contributed by atoms with van der Waals surface area (Å²) in [6.45, 7) is 0. The van der Waals surface area contributed by atoms with Gasteiger partial charge in [0.2, 0.25) is 0 Å². The lowest BCUT2D eigenvalue weighted by Crippen LogP contribution is -2.02. The third kappa shape index (κ3) is 1.40. The molecule has 3 heterocycles. The van der Waals surface area contributed by atoms with Gasteiger partial charge in [-0.1, -0.05) is 6.07 Å². The van der Waals surface area contributed by atoms with Gasteiger partial charge in [0.05, 0.1) is 5.69 Å². The van der Waals surface area contributed by atoms with Gasteiger partial charge in [0.25, 0.3) is 0 Å². The number of anilines is 1. The second-order valence-corrected chi connectivity index (χ2v) is 5.02. The Kier molecular flexibility index (Phi) is 2.09. The van der Waals surface area contributed by atoms with Crippen LogP contribution in [0, 0.1) is 0 Å². The van der Waals surface area contributed by atoms with Crippen molar-refractivity contribution in [3.63, 3.8) is 0 Å². The number of thioether (sulfide) groups is 1. The van der Waals surface area contributed by atoms with E-state index in [1.54, 1.807) is 0 Å².